The van der Waals surface area contributed by atoms with Crippen molar-refractivity contribution in [2.45, 2.75) is 0 Å². The normalized spacial score (nSPS) is 10.8. The van der Waals surface area contributed by atoms with E-state index in [1.807, 2.05) is 42.5 Å². The van der Waals surface area contributed by atoms with Crippen molar-refractivity contribution < 1.29 is 4.74 Å². The van der Waals surface area contributed by atoms with Crippen molar-refractivity contribution in [3.8, 4) is 17.0 Å². The summed E-state index contributed by atoms with van der Waals surface area (Å²) in [4.78, 5) is 4.67. The van der Waals surface area contributed by atoms with Crippen LogP contribution in [-0.2, 0) is 0 Å². The molecule has 0 saturated heterocycles. The molecule has 0 amide bonds. The smallest absolute Gasteiger partial charge is 0.129 e. The number of aromatic nitrogens is 1. The summed E-state index contributed by atoms with van der Waals surface area (Å²) in [5.41, 5.74) is 2.66. The van der Waals surface area contributed by atoms with Crippen molar-refractivity contribution in [1.82, 2.24) is 4.98 Å². The van der Waals surface area contributed by atoms with Crippen molar-refractivity contribution in [2.24, 2.45) is 0 Å². The molecule has 20 heavy (non-hydrogen) atoms. The second-order valence-corrected chi connectivity index (χ2v) is 5.59. The van der Waals surface area contributed by atoms with E-state index in [2.05, 4.69) is 20.9 Å². The molecule has 0 radical (unpaired) electrons. The molecule has 0 aliphatic heterocycles. The molecule has 0 bridgehead atoms. The number of rotatable bonds is 2. The molecule has 0 saturated carbocycles. The van der Waals surface area contributed by atoms with Gasteiger partial charge < -0.3 is 4.74 Å². The van der Waals surface area contributed by atoms with Crippen molar-refractivity contribution in [3.05, 3.63) is 58.0 Å². The minimum Gasteiger partial charge on any atom is -0.496 e. The third-order valence-electron chi connectivity index (χ3n) is 3.11. The first-order valence-electron chi connectivity index (χ1n) is 6.09. The van der Waals surface area contributed by atoms with Crippen LogP contribution >= 0.6 is 27.5 Å². The van der Waals surface area contributed by atoms with Gasteiger partial charge in [-0.1, -0.05) is 41.9 Å². The Morgan fingerprint density at radius 2 is 1.85 bits per heavy atom. The van der Waals surface area contributed by atoms with E-state index in [0.717, 1.165) is 32.4 Å². The summed E-state index contributed by atoms with van der Waals surface area (Å²) in [5.74, 6) is 0.753. The molecule has 2 aromatic carbocycles. The van der Waals surface area contributed by atoms with E-state index < -0.39 is 0 Å². The van der Waals surface area contributed by atoms with Crippen molar-refractivity contribution in [1.29, 1.82) is 0 Å². The van der Waals surface area contributed by atoms with Gasteiger partial charge in [-0.3, -0.25) is 0 Å². The van der Waals surface area contributed by atoms with E-state index in [9.17, 15) is 0 Å². The number of methoxy groups -OCH3 is 1. The van der Waals surface area contributed by atoms with Gasteiger partial charge in [-0.2, -0.15) is 0 Å². The second kappa shape index (κ2) is 5.43. The van der Waals surface area contributed by atoms with E-state index in [0.29, 0.717) is 5.02 Å². The Balaban J connectivity index is 2.32. The minimum atomic E-state index is 0.610. The Kier molecular flexibility index (Phi) is 3.64. The van der Waals surface area contributed by atoms with E-state index in [1.165, 1.54) is 0 Å². The lowest BCUT2D eigenvalue weighted by Crippen LogP contribution is -1.91. The maximum Gasteiger partial charge on any atom is 0.129 e. The van der Waals surface area contributed by atoms with Gasteiger partial charge in [0.2, 0.25) is 0 Å². The second-order valence-electron chi connectivity index (χ2n) is 4.33. The first kappa shape index (κ1) is 13.4. The molecule has 3 aromatic rings. The lowest BCUT2D eigenvalue weighted by molar-refractivity contribution is 0.419. The maximum absolute atomic E-state index is 6.28. The number of pyridine rings is 1. The molecular weight excluding hydrogens is 338 g/mol. The number of hydrogen-bond acceptors (Lipinski definition) is 2. The van der Waals surface area contributed by atoms with Crippen LogP contribution in [0.1, 0.15) is 0 Å². The monoisotopic (exact) mass is 347 g/mol. The summed E-state index contributed by atoms with van der Waals surface area (Å²) in [6.45, 7) is 0. The van der Waals surface area contributed by atoms with E-state index in [-0.39, 0.29) is 0 Å². The zero-order chi connectivity index (χ0) is 14.1. The highest BCUT2D eigenvalue weighted by atomic mass is 79.9. The van der Waals surface area contributed by atoms with Crippen LogP contribution in [-0.4, -0.2) is 12.1 Å². The molecule has 0 fully saturated rings. The predicted octanol–water partition coefficient (Wildman–Crippen LogP) is 5.33. The fourth-order valence-electron chi connectivity index (χ4n) is 2.16. The standard InChI is InChI=1S/C16H11BrClNO/c1-20-14-8-7-12(18)16-15(14)11(17)9-13(19-16)10-5-3-2-4-6-10/h2-9H,1H3. The highest BCUT2D eigenvalue weighted by molar-refractivity contribution is 9.10. The summed E-state index contributed by atoms with van der Waals surface area (Å²) >= 11 is 9.87. The van der Waals surface area contributed by atoms with Crippen LogP contribution in [0.25, 0.3) is 22.2 Å². The van der Waals surface area contributed by atoms with Gasteiger partial charge in [-0.05, 0) is 34.1 Å². The zero-order valence-corrected chi connectivity index (χ0v) is 13.1. The van der Waals surface area contributed by atoms with Crippen LogP contribution < -0.4 is 4.74 Å². The molecule has 100 valence electrons. The molecule has 0 unspecified atom stereocenters. The van der Waals surface area contributed by atoms with Gasteiger partial charge in [0.1, 0.15) is 5.75 Å². The molecule has 0 atom stereocenters. The molecule has 0 aliphatic rings. The lowest BCUT2D eigenvalue weighted by Gasteiger charge is -2.10. The Bertz CT molecular complexity index is 774. The molecule has 4 heteroatoms. The van der Waals surface area contributed by atoms with Gasteiger partial charge in [-0.25, -0.2) is 4.98 Å². The van der Waals surface area contributed by atoms with Gasteiger partial charge in [0.25, 0.3) is 0 Å². The summed E-state index contributed by atoms with van der Waals surface area (Å²) in [6, 6.07) is 15.6. The summed E-state index contributed by atoms with van der Waals surface area (Å²) in [7, 11) is 1.64. The molecular formula is C16H11BrClNO. The summed E-state index contributed by atoms with van der Waals surface area (Å²) in [5, 5.41) is 1.50. The molecule has 0 spiro atoms. The van der Waals surface area contributed by atoms with Crippen LogP contribution in [0.4, 0.5) is 0 Å². The lowest BCUT2D eigenvalue weighted by atomic mass is 10.1. The molecule has 0 aliphatic carbocycles. The Hall–Kier alpha value is -1.58. The van der Waals surface area contributed by atoms with Crippen molar-refractivity contribution in [2.75, 3.05) is 7.11 Å². The van der Waals surface area contributed by atoms with Gasteiger partial charge in [0, 0.05) is 10.0 Å². The molecule has 1 heterocycles. The van der Waals surface area contributed by atoms with Crippen molar-refractivity contribution >= 4 is 38.4 Å². The SMILES string of the molecule is COc1ccc(Cl)c2nc(-c3ccccc3)cc(Br)c12. The third kappa shape index (κ3) is 2.28. The number of halogens is 2. The fourth-order valence-corrected chi connectivity index (χ4v) is 2.96. The van der Waals surface area contributed by atoms with E-state index in [4.69, 9.17) is 16.3 Å². The zero-order valence-electron chi connectivity index (χ0n) is 10.7. The quantitative estimate of drug-likeness (QED) is 0.625. The van der Waals surface area contributed by atoms with Gasteiger partial charge in [-0.15, -0.1) is 0 Å². The van der Waals surface area contributed by atoms with E-state index in [1.54, 1.807) is 13.2 Å². The van der Waals surface area contributed by atoms with Crippen LogP contribution in [0.15, 0.2) is 53.0 Å². The molecule has 1 aromatic heterocycles. The highest BCUT2D eigenvalue weighted by Crippen LogP contribution is 2.37. The maximum atomic E-state index is 6.28. The molecule has 2 nitrogen and oxygen atoms in total. The fraction of sp³-hybridized carbons (Fsp3) is 0.0625. The Morgan fingerprint density at radius 1 is 1.10 bits per heavy atom. The molecule has 0 N–H and O–H groups in total. The van der Waals surface area contributed by atoms with Crippen molar-refractivity contribution in [3.63, 3.8) is 0 Å². The number of ether oxygens (including phenoxy) is 1. The molecule has 3 rings (SSSR count). The number of fused-ring (bicyclic) bond motifs is 1. The summed E-state index contributed by atoms with van der Waals surface area (Å²) < 4.78 is 6.30. The van der Waals surface area contributed by atoms with Crippen LogP contribution in [0.3, 0.4) is 0 Å². The average molecular weight is 349 g/mol. The minimum absolute atomic E-state index is 0.610. The topological polar surface area (TPSA) is 22.1 Å². The first-order chi connectivity index (χ1) is 9.70. The number of hydrogen-bond donors (Lipinski definition) is 0. The van der Waals surface area contributed by atoms with Crippen LogP contribution in [0, 0.1) is 0 Å². The van der Waals surface area contributed by atoms with Gasteiger partial charge in [0.15, 0.2) is 0 Å². The first-order valence-corrected chi connectivity index (χ1v) is 7.26. The van der Waals surface area contributed by atoms with E-state index >= 15 is 0 Å². The van der Waals surface area contributed by atoms with Crippen LogP contribution in [0.5, 0.6) is 5.75 Å². The van der Waals surface area contributed by atoms with Gasteiger partial charge >= 0.3 is 0 Å². The number of benzene rings is 2. The average Bonchev–Trinajstić information content (AvgIpc) is 2.49. The highest BCUT2D eigenvalue weighted by Gasteiger charge is 2.12. The Morgan fingerprint density at radius 3 is 2.55 bits per heavy atom. The van der Waals surface area contributed by atoms with Crippen LogP contribution in [0.2, 0.25) is 5.02 Å². The number of nitrogens with zero attached hydrogens (tertiary/aromatic N) is 1. The third-order valence-corrected chi connectivity index (χ3v) is 4.04. The Labute approximate surface area is 130 Å². The summed E-state index contributed by atoms with van der Waals surface area (Å²) in [6.07, 6.45) is 0. The predicted molar refractivity (Wildman–Crippen MR) is 86.4 cm³/mol. The largest absolute Gasteiger partial charge is 0.496 e. The van der Waals surface area contributed by atoms with Gasteiger partial charge in [0.05, 0.1) is 28.7 Å².